The van der Waals surface area contributed by atoms with Crippen LogP contribution in [0.25, 0.3) is 112 Å². The smallest absolute Gasteiger partial charge is 0.161 e. The average Bonchev–Trinajstić information content (AvgIpc) is 3.42. The third-order valence-corrected chi connectivity index (χ3v) is 12.0. The van der Waals surface area contributed by atoms with Crippen molar-refractivity contribution in [1.29, 1.82) is 0 Å². The van der Waals surface area contributed by atoms with Crippen LogP contribution in [0, 0.1) is 0 Å². The Bertz CT molecular complexity index is 3370. The summed E-state index contributed by atoms with van der Waals surface area (Å²) in [6.07, 6.45) is 0. The van der Waals surface area contributed by atoms with E-state index in [0.717, 1.165) is 95.1 Å². The number of hydrogen-bond donors (Lipinski definition) is 0. The quantitative estimate of drug-likeness (QED) is 0.138. The van der Waals surface area contributed by atoms with Crippen LogP contribution in [0.3, 0.4) is 0 Å². The van der Waals surface area contributed by atoms with Crippen LogP contribution >= 0.6 is 0 Å². The SMILES string of the molecule is c1ccc(-c2ccc(-c3cc(-c4ccccc4)nc(-c4ccc(-c5ccccc5-c5nc(-c6ccccc6)cc(-c6ccccc6)n5)cc4-c4ccccc4-c4ccccc4)n3)cc2)cc1. The van der Waals surface area contributed by atoms with E-state index in [0.29, 0.717) is 11.6 Å². The molecule has 2 aromatic heterocycles. The summed E-state index contributed by atoms with van der Waals surface area (Å²) in [4.78, 5) is 21.3. The summed E-state index contributed by atoms with van der Waals surface area (Å²) < 4.78 is 0. The van der Waals surface area contributed by atoms with E-state index in [4.69, 9.17) is 19.9 Å². The van der Waals surface area contributed by atoms with Crippen LogP contribution in [0.5, 0.6) is 0 Å². The highest BCUT2D eigenvalue weighted by Crippen LogP contribution is 2.42. The third kappa shape index (κ3) is 8.23. The Balaban J connectivity index is 1.11. The molecule has 0 bridgehead atoms. The zero-order valence-electron chi connectivity index (χ0n) is 36.0. The molecule has 0 aliphatic heterocycles. The van der Waals surface area contributed by atoms with E-state index in [1.807, 2.05) is 48.5 Å². The molecule has 0 radical (unpaired) electrons. The second kappa shape index (κ2) is 18.1. The summed E-state index contributed by atoms with van der Waals surface area (Å²) in [5.41, 5.74) is 18.1. The van der Waals surface area contributed by atoms with Crippen molar-refractivity contribution in [1.82, 2.24) is 19.9 Å². The molecule has 0 atom stereocenters. The molecule has 0 aliphatic rings. The second-order valence-electron chi connectivity index (χ2n) is 16.2. The minimum atomic E-state index is 0.641. The molecule has 2 heterocycles. The number of aromatic nitrogens is 4. The highest BCUT2D eigenvalue weighted by Gasteiger charge is 2.20. The van der Waals surface area contributed by atoms with Gasteiger partial charge in [-0.25, -0.2) is 19.9 Å². The molecule has 4 heteroatoms. The predicted octanol–water partition coefficient (Wildman–Crippen LogP) is 15.9. The maximum atomic E-state index is 5.40. The van der Waals surface area contributed by atoms with E-state index in [2.05, 4.69) is 206 Å². The van der Waals surface area contributed by atoms with Crippen LogP contribution in [0.2, 0.25) is 0 Å². The van der Waals surface area contributed by atoms with E-state index in [9.17, 15) is 0 Å². The van der Waals surface area contributed by atoms with E-state index in [1.54, 1.807) is 0 Å². The van der Waals surface area contributed by atoms with Crippen molar-refractivity contribution >= 4 is 0 Å². The molecule has 0 amide bonds. The van der Waals surface area contributed by atoms with Gasteiger partial charge < -0.3 is 0 Å². The molecule has 0 aliphatic carbocycles. The van der Waals surface area contributed by atoms with Crippen molar-refractivity contribution in [2.24, 2.45) is 0 Å². The molecule has 11 aromatic rings. The first-order valence-corrected chi connectivity index (χ1v) is 22.2. The molecule has 310 valence electrons. The number of nitrogens with zero attached hydrogens (tertiary/aromatic N) is 4. The Labute approximate surface area is 385 Å². The van der Waals surface area contributed by atoms with Crippen LogP contribution in [0.1, 0.15) is 0 Å². The van der Waals surface area contributed by atoms with Gasteiger partial charge >= 0.3 is 0 Å². The fourth-order valence-corrected chi connectivity index (χ4v) is 8.66. The van der Waals surface area contributed by atoms with E-state index in [-0.39, 0.29) is 0 Å². The summed E-state index contributed by atoms with van der Waals surface area (Å²) >= 11 is 0. The highest BCUT2D eigenvalue weighted by atomic mass is 14.9. The normalized spacial score (nSPS) is 11.0. The fraction of sp³-hybridized carbons (Fsp3) is 0. The van der Waals surface area contributed by atoms with E-state index >= 15 is 0 Å². The van der Waals surface area contributed by atoms with E-state index in [1.165, 1.54) is 5.56 Å². The van der Waals surface area contributed by atoms with E-state index < -0.39 is 0 Å². The first-order valence-electron chi connectivity index (χ1n) is 22.2. The van der Waals surface area contributed by atoms with Crippen molar-refractivity contribution in [3.8, 4) is 112 Å². The van der Waals surface area contributed by atoms with Crippen LogP contribution in [-0.2, 0) is 0 Å². The standard InChI is InChI=1S/C62H42N4/c1-6-20-43(21-7-1)44-34-36-49(37-35-44)60-42-59(48-28-14-5-15-29-48)65-62(66-60)55-39-38-50(40-56(55)53-32-18-16-30-51(53)45-22-8-2-9-23-45)52-31-17-19-33-54(52)61-63-57(46-24-10-3-11-25-46)41-58(64-61)47-26-12-4-13-27-47/h1-42H. The van der Waals surface area contributed by atoms with Crippen LogP contribution < -0.4 is 0 Å². The van der Waals surface area contributed by atoms with Gasteiger partial charge in [0, 0.05) is 33.4 Å². The van der Waals surface area contributed by atoms with Crippen molar-refractivity contribution in [2.75, 3.05) is 0 Å². The van der Waals surface area contributed by atoms with Crippen molar-refractivity contribution in [3.63, 3.8) is 0 Å². The first kappa shape index (κ1) is 40.0. The molecular formula is C62H42N4. The number of rotatable bonds is 10. The Morgan fingerprint density at radius 3 is 0.909 bits per heavy atom. The minimum absolute atomic E-state index is 0.641. The zero-order valence-corrected chi connectivity index (χ0v) is 36.0. The summed E-state index contributed by atoms with van der Waals surface area (Å²) in [5.74, 6) is 1.30. The van der Waals surface area contributed by atoms with Gasteiger partial charge in [-0.05, 0) is 68.8 Å². The van der Waals surface area contributed by atoms with Gasteiger partial charge in [0.15, 0.2) is 11.6 Å². The van der Waals surface area contributed by atoms with Gasteiger partial charge in [0.05, 0.1) is 22.8 Å². The monoisotopic (exact) mass is 842 g/mol. The summed E-state index contributed by atoms with van der Waals surface area (Å²) in [7, 11) is 0. The first-order chi connectivity index (χ1) is 32.7. The molecule has 0 spiro atoms. The topological polar surface area (TPSA) is 51.6 Å². The molecule has 11 rings (SSSR count). The zero-order chi connectivity index (χ0) is 44.1. The Hall–Kier alpha value is -8.86. The van der Waals surface area contributed by atoms with Gasteiger partial charge in [0.25, 0.3) is 0 Å². The molecule has 0 unspecified atom stereocenters. The Kier molecular flexibility index (Phi) is 10.9. The maximum Gasteiger partial charge on any atom is 0.161 e. The predicted molar refractivity (Wildman–Crippen MR) is 272 cm³/mol. The van der Waals surface area contributed by atoms with Gasteiger partial charge in [-0.1, -0.05) is 231 Å². The van der Waals surface area contributed by atoms with Crippen molar-refractivity contribution < 1.29 is 0 Å². The largest absolute Gasteiger partial charge is 0.228 e. The lowest BCUT2D eigenvalue weighted by Crippen LogP contribution is -1.99. The number of benzene rings is 9. The van der Waals surface area contributed by atoms with Gasteiger partial charge in [0.2, 0.25) is 0 Å². The van der Waals surface area contributed by atoms with Crippen molar-refractivity contribution in [2.45, 2.75) is 0 Å². The molecule has 0 saturated carbocycles. The van der Waals surface area contributed by atoms with Gasteiger partial charge in [0.1, 0.15) is 0 Å². The lowest BCUT2D eigenvalue weighted by molar-refractivity contribution is 1.18. The van der Waals surface area contributed by atoms with Gasteiger partial charge in [-0.3, -0.25) is 0 Å². The molecular weight excluding hydrogens is 801 g/mol. The Morgan fingerprint density at radius 1 is 0.167 bits per heavy atom. The second-order valence-corrected chi connectivity index (χ2v) is 16.2. The van der Waals surface area contributed by atoms with Gasteiger partial charge in [-0.2, -0.15) is 0 Å². The molecule has 9 aromatic carbocycles. The maximum absolute atomic E-state index is 5.40. The Morgan fingerprint density at radius 2 is 0.455 bits per heavy atom. The highest BCUT2D eigenvalue weighted by molar-refractivity contribution is 5.94. The van der Waals surface area contributed by atoms with Gasteiger partial charge in [-0.15, -0.1) is 0 Å². The van der Waals surface area contributed by atoms with Crippen LogP contribution in [0.15, 0.2) is 255 Å². The molecule has 0 fully saturated rings. The molecule has 0 N–H and O–H groups in total. The lowest BCUT2D eigenvalue weighted by atomic mass is 9.88. The van der Waals surface area contributed by atoms with Crippen LogP contribution in [0.4, 0.5) is 0 Å². The molecule has 4 nitrogen and oxygen atoms in total. The summed E-state index contributed by atoms with van der Waals surface area (Å²) in [6.45, 7) is 0. The molecule has 66 heavy (non-hydrogen) atoms. The number of hydrogen-bond acceptors (Lipinski definition) is 4. The summed E-state index contributed by atoms with van der Waals surface area (Å²) in [6, 6.07) is 88.7. The van der Waals surface area contributed by atoms with Crippen molar-refractivity contribution in [3.05, 3.63) is 255 Å². The lowest BCUT2D eigenvalue weighted by Gasteiger charge is -2.18. The molecule has 0 saturated heterocycles. The summed E-state index contributed by atoms with van der Waals surface area (Å²) in [5, 5.41) is 0. The fourth-order valence-electron chi connectivity index (χ4n) is 8.66. The van der Waals surface area contributed by atoms with Crippen LogP contribution in [-0.4, -0.2) is 19.9 Å². The third-order valence-electron chi connectivity index (χ3n) is 12.0. The average molecular weight is 843 g/mol. The minimum Gasteiger partial charge on any atom is -0.228 e.